The number of hydrogen-bond acceptors (Lipinski definition) is 4. The monoisotopic (exact) mass is 267 g/mol. The smallest absolute Gasteiger partial charge is 0.119 e. The summed E-state index contributed by atoms with van der Waals surface area (Å²) < 4.78 is 10.7. The summed E-state index contributed by atoms with van der Waals surface area (Å²) in [5, 5.41) is 12.0. The van der Waals surface area contributed by atoms with Crippen molar-refractivity contribution in [2.24, 2.45) is 5.92 Å². The lowest BCUT2D eigenvalue weighted by Gasteiger charge is -2.10. The lowest BCUT2D eigenvalue weighted by atomic mass is 10.2. The van der Waals surface area contributed by atoms with Crippen molar-refractivity contribution >= 4 is 0 Å². The Kier molecular flexibility index (Phi) is 8.21. The molecule has 2 N–H and O–H groups in total. The molecule has 1 rings (SSSR count). The molecular weight excluding hydrogens is 242 g/mol. The van der Waals surface area contributed by atoms with E-state index in [0.29, 0.717) is 25.7 Å². The van der Waals surface area contributed by atoms with Crippen LogP contribution >= 0.6 is 0 Å². The van der Waals surface area contributed by atoms with E-state index in [1.54, 1.807) is 0 Å². The third-order valence-corrected chi connectivity index (χ3v) is 2.51. The first kappa shape index (κ1) is 16.0. The van der Waals surface area contributed by atoms with Crippen LogP contribution in [0.2, 0.25) is 0 Å². The quantitative estimate of drug-likeness (QED) is 0.635. The van der Waals surface area contributed by atoms with Crippen LogP contribution in [0.1, 0.15) is 19.4 Å². The second-order valence-corrected chi connectivity index (χ2v) is 4.86. The maximum atomic E-state index is 8.57. The number of nitrogens with one attached hydrogen (secondary N) is 1. The lowest BCUT2D eigenvalue weighted by molar-refractivity contribution is 0.0705. The van der Waals surface area contributed by atoms with Crippen molar-refractivity contribution in [1.29, 1.82) is 0 Å². The number of hydrogen-bond donors (Lipinski definition) is 2. The minimum Gasteiger partial charge on any atom is -0.491 e. The molecule has 1 aromatic rings. The Morgan fingerprint density at radius 2 is 2.05 bits per heavy atom. The van der Waals surface area contributed by atoms with Crippen molar-refractivity contribution in [3.05, 3.63) is 29.8 Å². The van der Waals surface area contributed by atoms with Crippen LogP contribution < -0.4 is 10.1 Å². The minimum absolute atomic E-state index is 0.0526. The van der Waals surface area contributed by atoms with Crippen LogP contribution in [0.3, 0.4) is 0 Å². The molecule has 0 bridgehead atoms. The van der Waals surface area contributed by atoms with Gasteiger partial charge in [-0.25, -0.2) is 0 Å². The van der Waals surface area contributed by atoms with Crippen molar-refractivity contribution in [2.45, 2.75) is 20.4 Å². The second-order valence-electron chi connectivity index (χ2n) is 4.86. The van der Waals surface area contributed by atoms with Crippen molar-refractivity contribution in [1.82, 2.24) is 5.32 Å². The highest BCUT2D eigenvalue weighted by Crippen LogP contribution is 2.13. The zero-order chi connectivity index (χ0) is 13.9. The highest BCUT2D eigenvalue weighted by molar-refractivity contribution is 5.28. The Balaban J connectivity index is 2.27. The van der Waals surface area contributed by atoms with Gasteiger partial charge in [0.05, 0.1) is 19.8 Å². The Labute approximate surface area is 115 Å². The molecule has 19 heavy (non-hydrogen) atoms. The van der Waals surface area contributed by atoms with E-state index in [9.17, 15) is 0 Å². The van der Waals surface area contributed by atoms with Crippen LogP contribution in [0.5, 0.6) is 5.75 Å². The Morgan fingerprint density at radius 3 is 2.79 bits per heavy atom. The first-order valence-corrected chi connectivity index (χ1v) is 6.83. The third-order valence-electron chi connectivity index (χ3n) is 2.51. The molecule has 0 radical (unpaired) electrons. The molecule has 0 spiro atoms. The van der Waals surface area contributed by atoms with Crippen LogP contribution in [-0.2, 0) is 11.3 Å². The predicted molar refractivity (Wildman–Crippen MR) is 76.4 cm³/mol. The van der Waals surface area contributed by atoms with E-state index in [1.807, 2.05) is 18.2 Å². The lowest BCUT2D eigenvalue weighted by Crippen LogP contribution is -2.18. The van der Waals surface area contributed by atoms with Crippen LogP contribution in [-0.4, -0.2) is 38.1 Å². The van der Waals surface area contributed by atoms with Crippen molar-refractivity contribution in [3.63, 3.8) is 0 Å². The third kappa shape index (κ3) is 7.82. The standard InChI is InChI=1S/C15H25NO3/c1-13(2)11-16-12-14-4-3-5-15(10-14)19-9-8-18-7-6-17/h3-5,10,13,16-17H,6-9,11-12H2,1-2H3. The van der Waals surface area contributed by atoms with E-state index in [-0.39, 0.29) is 6.61 Å². The van der Waals surface area contributed by atoms with Gasteiger partial charge in [0.25, 0.3) is 0 Å². The molecule has 0 unspecified atom stereocenters. The zero-order valence-electron chi connectivity index (χ0n) is 11.9. The summed E-state index contributed by atoms with van der Waals surface area (Å²) in [4.78, 5) is 0. The molecule has 0 heterocycles. The fraction of sp³-hybridized carbons (Fsp3) is 0.600. The maximum absolute atomic E-state index is 8.57. The zero-order valence-corrected chi connectivity index (χ0v) is 11.9. The molecule has 0 aliphatic carbocycles. The molecule has 4 nitrogen and oxygen atoms in total. The molecule has 0 fully saturated rings. The summed E-state index contributed by atoms with van der Waals surface area (Å²) in [6.45, 7) is 7.67. The van der Waals surface area contributed by atoms with E-state index in [2.05, 4.69) is 25.2 Å². The van der Waals surface area contributed by atoms with Crippen LogP contribution in [0.15, 0.2) is 24.3 Å². The molecule has 0 aliphatic heterocycles. The molecular formula is C15H25NO3. The molecule has 0 saturated heterocycles. The van der Waals surface area contributed by atoms with Gasteiger partial charge in [-0.3, -0.25) is 0 Å². The van der Waals surface area contributed by atoms with Gasteiger partial charge in [-0.05, 0) is 30.2 Å². The fourth-order valence-corrected chi connectivity index (χ4v) is 1.64. The van der Waals surface area contributed by atoms with Gasteiger partial charge in [-0.2, -0.15) is 0 Å². The summed E-state index contributed by atoms with van der Waals surface area (Å²) in [6, 6.07) is 8.07. The summed E-state index contributed by atoms with van der Waals surface area (Å²) in [6.07, 6.45) is 0. The largest absolute Gasteiger partial charge is 0.491 e. The first-order valence-electron chi connectivity index (χ1n) is 6.83. The van der Waals surface area contributed by atoms with Crippen LogP contribution in [0.25, 0.3) is 0 Å². The van der Waals surface area contributed by atoms with Gasteiger partial charge in [-0.15, -0.1) is 0 Å². The normalized spacial score (nSPS) is 10.9. The Morgan fingerprint density at radius 1 is 1.21 bits per heavy atom. The van der Waals surface area contributed by atoms with Gasteiger partial charge in [0.2, 0.25) is 0 Å². The number of ether oxygens (including phenoxy) is 2. The molecule has 0 amide bonds. The topological polar surface area (TPSA) is 50.7 Å². The van der Waals surface area contributed by atoms with Gasteiger partial charge in [0.1, 0.15) is 12.4 Å². The predicted octanol–water partition coefficient (Wildman–Crippen LogP) is 1.82. The van der Waals surface area contributed by atoms with Gasteiger partial charge < -0.3 is 19.9 Å². The van der Waals surface area contributed by atoms with Gasteiger partial charge in [0, 0.05) is 6.54 Å². The summed E-state index contributed by atoms with van der Waals surface area (Å²) in [5.74, 6) is 1.51. The van der Waals surface area contributed by atoms with Crippen LogP contribution in [0, 0.1) is 5.92 Å². The van der Waals surface area contributed by atoms with E-state index in [1.165, 1.54) is 5.56 Å². The average Bonchev–Trinajstić information content (AvgIpc) is 2.39. The fourth-order valence-electron chi connectivity index (χ4n) is 1.64. The van der Waals surface area contributed by atoms with Crippen molar-refractivity contribution < 1.29 is 14.6 Å². The molecule has 4 heteroatoms. The second kappa shape index (κ2) is 9.78. The van der Waals surface area contributed by atoms with E-state index < -0.39 is 0 Å². The van der Waals surface area contributed by atoms with E-state index in [4.69, 9.17) is 14.6 Å². The summed E-state index contributed by atoms with van der Waals surface area (Å²) in [5.41, 5.74) is 1.22. The number of benzene rings is 1. The molecule has 0 aromatic heterocycles. The SMILES string of the molecule is CC(C)CNCc1cccc(OCCOCCO)c1. The number of aliphatic hydroxyl groups excluding tert-OH is 1. The van der Waals surface area contributed by atoms with E-state index in [0.717, 1.165) is 18.8 Å². The van der Waals surface area contributed by atoms with Crippen molar-refractivity contribution in [2.75, 3.05) is 33.0 Å². The average molecular weight is 267 g/mol. The van der Waals surface area contributed by atoms with Gasteiger partial charge in [-0.1, -0.05) is 26.0 Å². The highest BCUT2D eigenvalue weighted by atomic mass is 16.5. The highest BCUT2D eigenvalue weighted by Gasteiger charge is 1.98. The molecule has 0 atom stereocenters. The molecule has 0 saturated carbocycles. The minimum atomic E-state index is 0.0526. The first-order chi connectivity index (χ1) is 9.22. The van der Waals surface area contributed by atoms with Crippen LogP contribution in [0.4, 0.5) is 0 Å². The number of aliphatic hydroxyl groups is 1. The van der Waals surface area contributed by atoms with Gasteiger partial charge in [0.15, 0.2) is 0 Å². The van der Waals surface area contributed by atoms with Crippen molar-refractivity contribution in [3.8, 4) is 5.75 Å². The number of rotatable bonds is 10. The Hall–Kier alpha value is -1.10. The Bertz CT molecular complexity index is 342. The molecule has 108 valence electrons. The summed E-state index contributed by atoms with van der Waals surface area (Å²) >= 11 is 0. The summed E-state index contributed by atoms with van der Waals surface area (Å²) in [7, 11) is 0. The molecule has 1 aromatic carbocycles. The molecule has 0 aliphatic rings. The van der Waals surface area contributed by atoms with Gasteiger partial charge >= 0.3 is 0 Å². The van der Waals surface area contributed by atoms with E-state index >= 15 is 0 Å². The maximum Gasteiger partial charge on any atom is 0.119 e.